The van der Waals surface area contributed by atoms with E-state index in [-0.39, 0.29) is 11.7 Å². The van der Waals surface area contributed by atoms with Gasteiger partial charge < -0.3 is 9.73 Å². The fourth-order valence-electron chi connectivity index (χ4n) is 2.18. The summed E-state index contributed by atoms with van der Waals surface area (Å²) in [4.78, 5) is 11.9. The molecule has 2 aromatic carbocycles. The van der Waals surface area contributed by atoms with Crippen molar-refractivity contribution in [2.75, 3.05) is 12.3 Å². The molecule has 0 aliphatic rings. The summed E-state index contributed by atoms with van der Waals surface area (Å²) in [5.74, 6) is 0.495. The van der Waals surface area contributed by atoms with E-state index in [0.29, 0.717) is 28.2 Å². The van der Waals surface area contributed by atoms with Crippen molar-refractivity contribution in [3.63, 3.8) is 0 Å². The second-order valence-electron chi connectivity index (χ2n) is 5.23. The average molecular weight is 374 g/mol. The van der Waals surface area contributed by atoms with E-state index in [1.807, 2.05) is 42.5 Å². The van der Waals surface area contributed by atoms with Crippen LogP contribution in [0.3, 0.4) is 0 Å². The molecule has 0 saturated heterocycles. The number of nitrogens with one attached hydrogen (secondary N) is 1. The Balaban J connectivity index is 1.46. The van der Waals surface area contributed by atoms with Crippen LogP contribution in [0.25, 0.3) is 11.5 Å². The van der Waals surface area contributed by atoms with E-state index >= 15 is 0 Å². The van der Waals surface area contributed by atoms with Gasteiger partial charge in [-0.3, -0.25) is 4.79 Å². The minimum absolute atomic E-state index is 0.0709. The molecule has 0 saturated carbocycles. The Labute approximate surface area is 154 Å². The lowest BCUT2D eigenvalue weighted by Gasteiger charge is -2.04. The van der Waals surface area contributed by atoms with Crippen molar-refractivity contribution in [1.29, 1.82) is 0 Å². The number of carbonyl (C=O) groups excluding carboxylic acids is 1. The zero-order valence-electron chi connectivity index (χ0n) is 13.3. The fourth-order valence-corrected chi connectivity index (χ4v) is 2.99. The number of hydrogen-bond acceptors (Lipinski definition) is 5. The number of hydrogen-bond donors (Lipinski definition) is 1. The summed E-state index contributed by atoms with van der Waals surface area (Å²) in [6.07, 6.45) is 0.800. The Morgan fingerprint density at radius 3 is 2.64 bits per heavy atom. The molecule has 0 radical (unpaired) electrons. The van der Waals surface area contributed by atoms with E-state index in [0.717, 1.165) is 6.42 Å². The van der Waals surface area contributed by atoms with Gasteiger partial charge in [0, 0.05) is 6.54 Å². The van der Waals surface area contributed by atoms with Crippen molar-refractivity contribution in [2.24, 2.45) is 0 Å². The molecule has 0 bridgehead atoms. The number of halogens is 1. The molecule has 1 aromatic heterocycles. The Morgan fingerprint density at radius 2 is 1.84 bits per heavy atom. The van der Waals surface area contributed by atoms with Crippen LogP contribution in [0.5, 0.6) is 0 Å². The first-order valence-corrected chi connectivity index (χ1v) is 9.10. The molecule has 0 aliphatic heterocycles. The molecular weight excluding hydrogens is 358 g/mol. The van der Waals surface area contributed by atoms with Gasteiger partial charge in [0.1, 0.15) is 0 Å². The van der Waals surface area contributed by atoms with Crippen molar-refractivity contribution in [3.8, 4) is 11.5 Å². The lowest BCUT2D eigenvalue weighted by Crippen LogP contribution is -2.27. The Bertz CT molecular complexity index is 839. The number of benzene rings is 2. The lowest BCUT2D eigenvalue weighted by molar-refractivity contribution is -0.118. The molecule has 3 rings (SSSR count). The monoisotopic (exact) mass is 373 g/mol. The lowest BCUT2D eigenvalue weighted by atomic mass is 10.1. The van der Waals surface area contributed by atoms with Gasteiger partial charge in [0.2, 0.25) is 11.8 Å². The Hall–Kier alpha value is -2.31. The Kier molecular flexibility index (Phi) is 6.09. The molecule has 1 amide bonds. The second kappa shape index (κ2) is 8.69. The molecule has 1 heterocycles. The minimum atomic E-state index is -0.0709. The van der Waals surface area contributed by atoms with Gasteiger partial charge in [-0.15, -0.1) is 10.2 Å². The smallest absolute Gasteiger partial charge is 0.277 e. The third-order valence-electron chi connectivity index (χ3n) is 3.42. The summed E-state index contributed by atoms with van der Waals surface area (Å²) in [6, 6.07) is 17.3. The van der Waals surface area contributed by atoms with E-state index in [9.17, 15) is 4.79 Å². The van der Waals surface area contributed by atoms with Crippen LogP contribution in [0.2, 0.25) is 5.02 Å². The minimum Gasteiger partial charge on any atom is -0.411 e. The predicted molar refractivity (Wildman–Crippen MR) is 98.6 cm³/mol. The molecule has 7 heteroatoms. The zero-order chi connectivity index (χ0) is 17.5. The number of amides is 1. The second-order valence-corrected chi connectivity index (χ2v) is 6.56. The molecule has 0 atom stereocenters. The highest BCUT2D eigenvalue weighted by Gasteiger charge is 2.13. The number of aromatic nitrogens is 2. The van der Waals surface area contributed by atoms with Gasteiger partial charge >= 0.3 is 0 Å². The molecule has 0 spiro atoms. The molecule has 0 unspecified atom stereocenters. The topological polar surface area (TPSA) is 68.0 Å². The summed E-state index contributed by atoms with van der Waals surface area (Å²) < 4.78 is 5.55. The first-order chi connectivity index (χ1) is 12.2. The summed E-state index contributed by atoms with van der Waals surface area (Å²) in [5.41, 5.74) is 1.87. The number of rotatable bonds is 7. The van der Waals surface area contributed by atoms with E-state index in [1.54, 1.807) is 12.1 Å². The van der Waals surface area contributed by atoms with Gasteiger partial charge in [0.25, 0.3) is 5.22 Å². The molecule has 128 valence electrons. The summed E-state index contributed by atoms with van der Waals surface area (Å²) in [7, 11) is 0. The van der Waals surface area contributed by atoms with Gasteiger partial charge in [-0.25, -0.2) is 0 Å². The van der Waals surface area contributed by atoms with Crippen LogP contribution in [-0.4, -0.2) is 28.4 Å². The zero-order valence-corrected chi connectivity index (χ0v) is 14.9. The van der Waals surface area contributed by atoms with E-state index < -0.39 is 0 Å². The van der Waals surface area contributed by atoms with Crippen molar-refractivity contribution in [1.82, 2.24) is 15.5 Å². The van der Waals surface area contributed by atoms with Crippen LogP contribution in [0.4, 0.5) is 0 Å². The van der Waals surface area contributed by atoms with Gasteiger partial charge in [0.05, 0.1) is 16.3 Å². The highest BCUT2D eigenvalue weighted by atomic mass is 35.5. The highest BCUT2D eigenvalue weighted by molar-refractivity contribution is 7.99. The van der Waals surface area contributed by atoms with Gasteiger partial charge in [0.15, 0.2) is 0 Å². The van der Waals surface area contributed by atoms with Crippen LogP contribution < -0.4 is 5.32 Å². The standard InChI is InChI=1S/C18H16ClN3O2S/c19-15-9-5-4-8-14(15)17-21-22-18(24-17)25-12-16(23)20-11-10-13-6-2-1-3-7-13/h1-9H,10-12H2,(H,20,23). The first kappa shape index (κ1) is 17.5. The molecular formula is C18H16ClN3O2S. The molecule has 1 N–H and O–H groups in total. The SMILES string of the molecule is O=C(CSc1nnc(-c2ccccc2Cl)o1)NCCc1ccccc1. The van der Waals surface area contributed by atoms with E-state index in [2.05, 4.69) is 15.5 Å². The van der Waals surface area contributed by atoms with Crippen LogP contribution in [0, 0.1) is 0 Å². The van der Waals surface area contributed by atoms with Crippen molar-refractivity contribution >= 4 is 29.3 Å². The van der Waals surface area contributed by atoms with Crippen LogP contribution >= 0.6 is 23.4 Å². The van der Waals surface area contributed by atoms with Crippen molar-refractivity contribution in [3.05, 3.63) is 65.2 Å². The van der Waals surface area contributed by atoms with Crippen LogP contribution in [0.15, 0.2) is 64.2 Å². The maximum Gasteiger partial charge on any atom is 0.277 e. The van der Waals surface area contributed by atoms with Crippen molar-refractivity contribution < 1.29 is 9.21 Å². The van der Waals surface area contributed by atoms with Gasteiger partial charge in [-0.1, -0.05) is 65.8 Å². The predicted octanol–water partition coefficient (Wildman–Crippen LogP) is 3.84. The molecule has 5 nitrogen and oxygen atoms in total. The summed E-state index contributed by atoms with van der Waals surface area (Å²) in [6.45, 7) is 0.595. The van der Waals surface area contributed by atoms with Crippen LogP contribution in [0.1, 0.15) is 5.56 Å². The first-order valence-electron chi connectivity index (χ1n) is 7.74. The van der Waals surface area contributed by atoms with Gasteiger partial charge in [-0.05, 0) is 24.1 Å². The number of carbonyl (C=O) groups is 1. The molecule has 0 fully saturated rings. The summed E-state index contributed by atoms with van der Waals surface area (Å²) >= 11 is 7.31. The average Bonchev–Trinajstić information content (AvgIpc) is 3.10. The maximum atomic E-state index is 11.9. The van der Waals surface area contributed by atoms with Crippen LogP contribution in [-0.2, 0) is 11.2 Å². The third-order valence-corrected chi connectivity index (χ3v) is 4.56. The third kappa shape index (κ3) is 5.08. The van der Waals surface area contributed by atoms with Gasteiger partial charge in [-0.2, -0.15) is 0 Å². The fraction of sp³-hybridized carbons (Fsp3) is 0.167. The Morgan fingerprint density at radius 1 is 1.08 bits per heavy atom. The number of thioether (sulfide) groups is 1. The number of nitrogens with zero attached hydrogens (tertiary/aromatic N) is 2. The van der Waals surface area contributed by atoms with E-state index in [4.69, 9.17) is 16.0 Å². The maximum absolute atomic E-state index is 11.9. The normalized spacial score (nSPS) is 10.6. The van der Waals surface area contributed by atoms with Crippen molar-refractivity contribution in [2.45, 2.75) is 11.6 Å². The molecule has 3 aromatic rings. The molecule has 0 aliphatic carbocycles. The largest absolute Gasteiger partial charge is 0.411 e. The highest BCUT2D eigenvalue weighted by Crippen LogP contribution is 2.28. The molecule has 25 heavy (non-hydrogen) atoms. The summed E-state index contributed by atoms with van der Waals surface area (Å²) in [5, 5.41) is 11.7. The quantitative estimate of drug-likeness (QED) is 0.637. The van der Waals surface area contributed by atoms with E-state index in [1.165, 1.54) is 17.3 Å².